The van der Waals surface area contributed by atoms with Crippen LogP contribution >= 0.6 is 15.9 Å². The lowest BCUT2D eigenvalue weighted by molar-refractivity contribution is 0.0213. The van der Waals surface area contributed by atoms with E-state index in [9.17, 15) is 4.79 Å². The highest BCUT2D eigenvalue weighted by Gasteiger charge is 2.36. The average Bonchev–Trinajstić information content (AvgIpc) is 3.12. The second-order valence-electron chi connectivity index (χ2n) is 6.18. The minimum Gasteiger partial charge on any atom is -0.444 e. The van der Waals surface area contributed by atoms with Crippen LogP contribution in [0.15, 0.2) is 4.47 Å². The number of rotatable bonds is 3. The molecule has 21 heavy (non-hydrogen) atoms. The summed E-state index contributed by atoms with van der Waals surface area (Å²) in [5.74, 6) is 0. The fourth-order valence-corrected chi connectivity index (χ4v) is 2.54. The number of hydrogen-bond donors (Lipinski definition) is 0. The summed E-state index contributed by atoms with van der Waals surface area (Å²) in [6, 6.07) is 2.30. The van der Waals surface area contributed by atoms with E-state index in [1.54, 1.807) is 11.9 Å². The largest absolute Gasteiger partial charge is 0.444 e. The zero-order valence-corrected chi connectivity index (χ0v) is 14.3. The molecule has 0 saturated heterocycles. The highest BCUT2D eigenvalue weighted by Crippen LogP contribution is 2.31. The molecule has 0 radical (unpaired) electrons. The molecule has 1 aliphatic carbocycles. The highest BCUT2D eigenvalue weighted by molar-refractivity contribution is 9.10. The van der Waals surface area contributed by atoms with E-state index in [0.29, 0.717) is 22.4 Å². The Kier molecular flexibility index (Phi) is 4.28. The summed E-state index contributed by atoms with van der Waals surface area (Å²) < 4.78 is 7.60. The van der Waals surface area contributed by atoms with E-state index in [2.05, 4.69) is 27.1 Å². The predicted octanol–water partition coefficient (Wildman–Crippen LogP) is 2.95. The molecule has 114 valence electrons. The van der Waals surface area contributed by atoms with Crippen LogP contribution in [0.25, 0.3) is 0 Å². The van der Waals surface area contributed by atoms with Crippen molar-refractivity contribution in [1.29, 1.82) is 5.26 Å². The Bertz CT molecular complexity index is 593. The van der Waals surface area contributed by atoms with Crippen molar-refractivity contribution in [3.8, 4) is 6.07 Å². The van der Waals surface area contributed by atoms with E-state index in [1.807, 2.05) is 20.8 Å². The molecule has 1 aromatic heterocycles. The Hall–Kier alpha value is -1.55. The Morgan fingerprint density at radius 1 is 1.57 bits per heavy atom. The van der Waals surface area contributed by atoms with Crippen molar-refractivity contribution in [3.05, 3.63) is 15.9 Å². The van der Waals surface area contributed by atoms with E-state index in [-0.39, 0.29) is 12.1 Å². The lowest BCUT2D eigenvalue weighted by atomic mass is 10.2. The number of aromatic nitrogens is 2. The molecule has 1 saturated carbocycles. The maximum Gasteiger partial charge on any atom is 0.410 e. The summed E-state index contributed by atoms with van der Waals surface area (Å²) in [6.45, 7) is 5.89. The molecule has 1 heterocycles. The number of nitriles is 1. The van der Waals surface area contributed by atoms with Gasteiger partial charge in [0.05, 0.1) is 16.7 Å². The first-order chi connectivity index (χ1) is 9.73. The van der Waals surface area contributed by atoms with Gasteiger partial charge in [-0.3, -0.25) is 9.58 Å². The van der Waals surface area contributed by atoms with Crippen molar-refractivity contribution in [2.45, 2.75) is 51.8 Å². The average molecular weight is 355 g/mol. The van der Waals surface area contributed by atoms with Crippen molar-refractivity contribution >= 4 is 22.0 Å². The monoisotopic (exact) mass is 354 g/mol. The summed E-state index contributed by atoms with van der Waals surface area (Å²) in [5, 5.41) is 13.4. The second-order valence-corrected chi connectivity index (χ2v) is 6.98. The summed E-state index contributed by atoms with van der Waals surface area (Å²) in [5.41, 5.74) is 0.598. The van der Waals surface area contributed by atoms with Gasteiger partial charge in [0, 0.05) is 13.1 Å². The van der Waals surface area contributed by atoms with Crippen LogP contribution in [0.5, 0.6) is 0 Å². The van der Waals surface area contributed by atoms with E-state index < -0.39 is 5.60 Å². The number of ether oxygens (including phenoxy) is 1. The van der Waals surface area contributed by atoms with Crippen molar-refractivity contribution < 1.29 is 9.53 Å². The van der Waals surface area contributed by atoms with Gasteiger partial charge in [0.2, 0.25) is 0 Å². The fourth-order valence-electron chi connectivity index (χ4n) is 1.99. The number of aryl methyl sites for hydroxylation is 1. The maximum atomic E-state index is 12.3. The molecule has 0 N–H and O–H groups in total. The van der Waals surface area contributed by atoms with E-state index in [0.717, 1.165) is 12.8 Å². The molecule has 0 bridgehead atoms. The van der Waals surface area contributed by atoms with E-state index >= 15 is 0 Å². The van der Waals surface area contributed by atoms with Crippen molar-refractivity contribution in [2.24, 2.45) is 7.05 Å². The molecular formula is C14H19BrN4O2. The number of carbonyl (C=O) groups is 1. The first-order valence-corrected chi connectivity index (χ1v) is 7.63. The van der Waals surface area contributed by atoms with Crippen molar-refractivity contribution in [1.82, 2.24) is 14.7 Å². The third-order valence-corrected chi connectivity index (χ3v) is 3.93. The minimum absolute atomic E-state index is 0.208. The topological polar surface area (TPSA) is 71.2 Å². The smallest absolute Gasteiger partial charge is 0.410 e. The van der Waals surface area contributed by atoms with E-state index in [1.165, 1.54) is 4.68 Å². The summed E-state index contributed by atoms with van der Waals surface area (Å²) in [4.78, 5) is 14.0. The van der Waals surface area contributed by atoms with Gasteiger partial charge in [0.15, 0.2) is 5.69 Å². The molecule has 2 rings (SSSR count). The van der Waals surface area contributed by atoms with E-state index in [4.69, 9.17) is 10.00 Å². The summed E-state index contributed by atoms with van der Waals surface area (Å²) in [6.07, 6.45) is 1.63. The van der Waals surface area contributed by atoms with Crippen molar-refractivity contribution in [2.75, 3.05) is 0 Å². The molecule has 1 aromatic rings. The third-order valence-electron chi connectivity index (χ3n) is 3.10. The van der Waals surface area contributed by atoms with Crippen LogP contribution in [0.2, 0.25) is 0 Å². The van der Waals surface area contributed by atoms with Gasteiger partial charge in [-0.2, -0.15) is 10.4 Å². The molecule has 1 fully saturated rings. The molecular weight excluding hydrogens is 336 g/mol. The van der Waals surface area contributed by atoms with Crippen LogP contribution in [-0.4, -0.2) is 32.4 Å². The van der Waals surface area contributed by atoms with Gasteiger partial charge in [0.1, 0.15) is 11.7 Å². The molecule has 0 spiro atoms. The lowest BCUT2D eigenvalue weighted by Gasteiger charge is -2.27. The Morgan fingerprint density at radius 2 is 2.19 bits per heavy atom. The van der Waals surface area contributed by atoms with Gasteiger partial charge >= 0.3 is 6.09 Å². The van der Waals surface area contributed by atoms with Gasteiger partial charge in [0.25, 0.3) is 0 Å². The molecule has 0 atom stereocenters. The Balaban J connectivity index is 2.18. The van der Waals surface area contributed by atoms with Gasteiger partial charge < -0.3 is 4.74 Å². The van der Waals surface area contributed by atoms with Gasteiger partial charge in [-0.05, 0) is 49.5 Å². The van der Waals surface area contributed by atoms with Crippen LogP contribution in [0.3, 0.4) is 0 Å². The number of amides is 1. The second kappa shape index (κ2) is 5.68. The molecule has 7 heteroatoms. The third kappa shape index (κ3) is 3.76. The Morgan fingerprint density at radius 3 is 2.62 bits per heavy atom. The van der Waals surface area contributed by atoms with Gasteiger partial charge in [-0.1, -0.05) is 0 Å². The zero-order chi connectivity index (χ0) is 15.8. The first kappa shape index (κ1) is 15.8. The Labute approximate surface area is 132 Å². The number of hydrogen-bond acceptors (Lipinski definition) is 4. The first-order valence-electron chi connectivity index (χ1n) is 6.84. The quantitative estimate of drug-likeness (QED) is 0.836. The fraction of sp³-hybridized carbons (Fsp3) is 0.643. The number of nitrogens with zero attached hydrogens (tertiary/aromatic N) is 4. The molecule has 1 amide bonds. The summed E-state index contributed by atoms with van der Waals surface area (Å²) >= 11 is 3.39. The predicted molar refractivity (Wildman–Crippen MR) is 80.4 cm³/mol. The standard InChI is InChI=1S/C14H19BrN4O2/c1-14(2,3)21-13(20)19(9-5-6-9)8-10-12(15)11(7-16)18(4)17-10/h9H,5-6,8H2,1-4H3. The van der Waals surface area contributed by atoms with Crippen LogP contribution in [0.1, 0.15) is 45.0 Å². The molecule has 0 aromatic carbocycles. The SMILES string of the molecule is Cn1nc(CN(C(=O)OC(C)(C)C)C2CC2)c(Br)c1C#N. The zero-order valence-electron chi connectivity index (χ0n) is 12.7. The van der Waals surface area contributed by atoms with Crippen LogP contribution < -0.4 is 0 Å². The highest BCUT2D eigenvalue weighted by atomic mass is 79.9. The molecule has 6 nitrogen and oxygen atoms in total. The lowest BCUT2D eigenvalue weighted by Crippen LogP contribution is -2.38. The molecule has 1 aliphatic rings. The van der Waals surface area contributed by atoms with Gasteiger partial charge in [-0.15, -0.1) is 0 Å². The van der Waals surface area contributed by atoms with Gasteiger partial charge in [-0.25, -0.2) is 4.79 Å². The number of halogens is 1. The minimum atomic E-state index is -0.524. The number of carbonyl (C=O) groups excluding carboxylic acids is 1. The van der Waals surface area contributed by atoms with Crippen LogP contribution in [0, 0.1) is 11.3 Å². The summed E-state index contributed by atoms with van der Waals surface area (Å²) in [7, 11) is 1.71. The van der Waals surface area contributed by atoms with Crippen molar-refractivity contribution in [3.63, 3.8) is 0 Å². The van der Waals surface area contributed by atoms with Crippen LogP contribution in [-0.2, 0) is 18.3 Å². The molecule has 0 aliphatic heterocycles. The maximum absolute atomic E-state index is 12.3. The molecule has 0 unspecified atom stereocenters. The normalized spacial score (nSPS) is 14.7. The van der Waals surface area contributed by atoms with Crippen LogP contribution in [0.4, 0.5) is 4.79 Å².